The highest BCUT2D eigenvalue weighted by Gasteiger charge is 2.49. The maximum atomic E-state index is 12.7. The summed E-state index contributed by atoms with van der Waals surface area (Å²) in [7, 11) is -5.89. The van der Waals surface area contributed by atoms with Gasteiger partial charge in [0.2, 0.25) is 0 Å². The van der Waals surface area contributed by atoms with Crippen LogP contribution in [-0.2, 0) is 10.1 Å². The number of benzene rings is 2. The second-order valence-electron chi connectivity index (χ2n) is 6.19. The Kier molecular flexibility index (Phi) is 4.59. The van der Waals surface area contributed by atoms with Crippen LogP contribution >= 0.6 is 0 Å². The van der Waals surface area contributed by atoms with Crippen molar-refractivity contribution in [3.8, 4) is 22.8 Å². The lowest BCUT2D eigenvalue weighted by molar-refractivity contribution is -0.0500. The summed E-state index contributed by atoms with van der Waals surface area (Å²) in [5, 5.41) is 11.0. The van der Waals surface area contributed by atoms with Crippen LogP contribution in [0.15, 0.2) is 46.9 Å². The second kappa shape index (κ2) is 6.49. The number of furan rings is 1. The smallest absolute Gasteiger partial charge is 0.507 e. The molecule has 3 aromatic rings. The number of hydrogen-bond acceptors (Lipinski definition) is 5. The Morgan fingerprint density at radius 3 is 2.37 bits per heavy atom. The van der Waals surface area contributed by atoms with Crippen molar-refractivity contribution in [3.05, 3.63) is 48.0 Å². The molecule has 0 saturated carbocycles. The van der Waals surface area contributed by atoms with Crippen molar-refractivity contribution < 1.29 is 35.3 Å². The molecule has 0 aliphatic heterocycles. The number of hydrogen-bond donors (Lipinski definition) is 1. The van der Waals surface area contributed by atoms with Crippen molar-refractivity contribution >= 4 is 21.1 Å². The first kappa shape index (κ1) is 19.1. The third-order valence-electron chi connectivity index (χ3n) is 3.89. The van der Waals surface area contributed by atoms with Gasteiger partial charge in [-0.05, 0) is 30.2 Å². The summed E-state index contributed by atoms with van der Waals surface area (Å²) in [6.45, 7) is 3.17. The summed E-state index contributed by atoms with van der Waals surface area (Å²) in [6, 6.07) is 11.0. The maximum absolute atomic E-state index is 12.7. The molecule has 0 radical (unpaired) electrons. The predicted molar refractivity (Wildman–Crippen MR) is 93.0 cm³/mol. The van der Waals surface area contributed by atoms with Crippen LogP contribution in [0.4, 0.5) is 13.2 Å². The van der Waals surface area contributed by atoms with Gasteiger partial charge in [0.1, 0.15) is 17.1 Å². The van der Waals surface area contributed by atoms with E-state index in [1.165, 1.54) is 6.07 Å². The van der Waals surface area contributed by atoms with E-state index in [9.17, 15) is 26.7 Å². The Bertz CT molecular complexity index is 1060. The molecule has 1 aromatic heterocycles. The van der Waals surface area contributed by atoms with E-state index in [0.29, 0.717) is 5.58 Å². The zero-order valence-electron chi connectivity index (χ0n) is 14.2. The number of rotatable bonds is 4. The largest absolute Gasteiger partial charge is 0.534 e. The topological polar surface area (TPSA) is 76.7 Å². The van der Waals surface area contributed by atoms with Gasteiger partial charge < -0.3 is 13.7 Å². The van der Waals surface area contributed by atoms with Gasteiger partial charge in [0.15, 0.2) is 5.75 Å². The Morgan fingerprint density at radius 1 is 1.11 bits per heavy atom. The number of para-hydroxylation sites is 1. The minimum absolute atomic E-state index is 0.0531. The van der Waals surface area contributed by atoms with Gasteiger partial charge in [0.05, 0.1) is 0 Å². The molecule has 5 nitrogen and oxygen atoms in total. The Balaban J connectivity index is 2.16. The van der Waals surface area contributed by atoms with Crippen molar-refractivity contribution in [2.75, 3.05) is 0 Å². The van der Waals surface area contributed by atoms with Crippen LogP contribution in [-0.4, -0.2) is 19.0 Å². The van der Waals surface area contributed by atoms with Crippen molar-refractivity contribution in [1.82, 2.24) is 0 Å². The van der Waals surface area contributed by atoms with Crippen LogP contribution in [0.25, 0.3) is 22.3 Å². The van der Waals surface area contributed by atoms with Crippen molar-refractivity contribution in [3.63, 3.8) is 0 Å². The standard InChI is InChI=1S/C18H15F3O5S/c1-10(2)17-13(22)7-12(9-16(17)26-27(23,24)18(19,20)21)15-8-11-5-3-4-6-14(11)25-15/h3-10,22H,1-2H3. The monoisotopic (exact) mass is 400 g/mol. The Hall–Kier alpha value is -2.68. The molecule has 1 N–H and O–H groups in total. The molecule has 0 fully saturated rings. The second-order valence-corrected chi connectivity index (χ2v) is 7.73. The molecule has 0 saturated heterocycles. The van der Waals surface area contributed by atoms with E-state index < -0.39 is 33.0 Å². The number of halogens is 3. The zero-order valence-corrected chi connectivity index (χ0v) is 15.1. The molecule has 144 valence electrons. The molecule has 9 heteroatoms. The average Bonchev–Trinajstić information content (AvgIpc) is 2.96. The molecule has 0 unspecified atom stereocenters. The minimum atomic E-state index is -5.89. The molecular weight excluding hydrogens is 385 g/mol. The molecule has 3 rings (SSSR count). The SMILES string of the molecule is CC(C)c1c(O)cc(-c2cc3ccccc3o2)cc1OS(=O)(=O)C(F)(F)F. The Labute approximate surface area is 153 Å². The predicted octanol–water partition coefficient (Wildman–Crippen LogP) is 5.16. The van der Waals surface area contributed by atoms with Gasteiger partial charge >= 0.3 is 15.6 Å². The molecule has 0 atom stereocenters. The highest BCUT2D eigenvalue weighted by molar-refractivity contribution is 7.88. The summed E-state index contributed by atoms with van der Waals surface area (Å²) < 4.78 is 71.0. The van der Waals surface area contributed by atoms with Crippen molar-refractivity contribution in [2.24, 2.45) is 0 Å². The molecule has 27 heavy (non-hydrogen) atoms. The van der Waals surface area contributed by atoms with E-state index in [0.717, 1.165) is 11.5 Å². The highest BCUT2D eigenvalue weighted by atomic mass is 32.2. The lowest BCUT2D eigenvalue weighted by atomic mass is 9.98. The fraction of sp³-hybridized carbons (Fsp3) is 0.222. The third kappa shape index (κ3) is 3.59. The quantitative estimate of drug-likeness (QED) is 0.484. The van der Waals surface area contributed by atoms with Crippen LogP contribution in [0, 0.1) is 0 Å². The van der Waals surface area contributed by atoms with Crippen LogP contribution in [0.1, 0.15) is 25.3 Å². The van der Waals surface area contributed by atoms with Crippen LogP contribution in [0.5, 0.6) is 11.5 Å². The number of phenolic OH excluding ortho intramolecular Hbond substituents is 1. The number of alkyl halides is 3. The highest BCUT2D eigenvalue weighted by Crippen LogP contribution is 2.41. The fourth-order valence-electron chi connectivity index (χ4n) is 2.69. The van der Waals surface area contributed by atoms with Gasteiger partial charge in [-0.15, -0.1) is 0 Å². The fourth-order valence-corrected chi connectivity index (χ4v) is 3.16. The van der Waals surface area contributed by atoms with E-state index in [-0.39, 0.29) is 16.9 Å². The minimum Gasteiger partial charge on any atom is -0.507 e. The molecule has 0 spiro atoms. The molecule has 0 amide bonds. The molecule has 0 bridgehead atoms. The lowest BCUT2D eigenvalue weighted by Gasteiger charge is -2.17. The summed E-state index contributed by atoms with van der Waals surface area (Å²) in [6.07, 6.45) is 0. The van der Waals surface area contributed by atoms with Gasteiger partial charge in [-0.2, -0.15) is 21.6 Å². The van der Waals surface area contributed by atoms with Crippen LogP contribution in [0.2, 0.25) is 0 Å². The van der Waals surface area contributed by atoms with Gasteiger partial charge in [0.25, 0.3) is 0 Å². The van der Waals surface area contributed by atoms with E-state index in [1.807, 2.05) is 0 Å². The van der Waals surface area contributed by atoms with E-state index >= 15 is 0 Å². The van der Waals surface area contributed by atoms with Gasteiger partial charge in [-0.25, -0.2) is 0 Å². The average molecular weight is 400 g/mol. The van der Waals surface area contributed by atoms with Crippen LogP contribution < -0.4 is 4.18 Å². The van der Waals surface area contributed by atoms with Gasteiger partial charge in [-0.1, -0.05) is 32.0 Å². The zero-order chi connectivity index (χ0) is 20.0. The number of phenols is 1. The molecule has 2 aromatic carbocycles. The van der Waals surface area contributed by atoms with E-state index in [1.54, 1.807) is 44.2 Å². The van der Waals surface area contributed by atoms with Crippen molar-refractivity contribution in [1.29, 1.82) is 0 Å². The maximum Gasteiger partial charge on any atom is 0.534 e. The summed E-state index contributed by atoms with van der Waals surface area (Å²) in [5.41, 5.74) is -4.93. The summed E-state index contributed by atoms with van der Waals surface area (Å²) in [5.74, 6) is -1.24. The lowest BCUT2D eigenvalue weighted by Crippen LogP contribution is -2.28. The third-order valence-corrected chi connectivity index (χ3v) is 4.86. The first-order valence-corrected chi connectivity index (χ1v) is 9.27. The first-order chi connectivity index (χ1) is 12.5. The Morgan fingerprint density at radius 2 is 1.78 bits per heavy atom. The van der Waals surface area contributed by atoms with E-state index in [2.05, 4.69) is 4.18 Å². The van der Waals surface area contributed by atoms with E-state index in [4.69, 9.17) is 4.42 Å². The van der Waals surface area contributed by atoms with Gasteiger partial charge in [-0.3, -0.25) is 0 Å². The number of fused-ring (bicyclic) bond motifs is 1. The first-order valence-electron chi connectivity index (χ1n) is 7.86. The van der Waals surface area contributed by atoms with Gasteiger partial charge in [0, 0.05) is 16.5 Å². The van der Waals surface area contributed by atoms with Crippen molar-refractivity contribution in [2.45, 2.75) is 25.3 Å². The summed E-state index contributed by atoms with van der Waals surface area (Å²) >= 11 is 0. The number of aromatic hydroxyl groups is 1. The molecule has 0 aliphatic rings. The normalized spacial score (nSPS) is 12.7. The molecular formula is C18H15F3O5S. The molecule has 0 aliphatic carbocycles. The molecule has 1 heterocycles. The van der Waals surface area contributed by atoms with Crippen LogP contribution in [0.3, 0.4) is 0 Å². The summed E-state index contributed by atoms with van der Waals surface area (Å²) in [4.78, 5) is 0.